The third-order valence-corrected chi connectivity index (χ3v) is 3.43. The highest BCUT2D eigenvalue weighted by atomic mass is 35.5. The maximum absolute atomic E-state index is 12.3. The molecular weight excluding hydrogens is 286 g/mol. The van der Waals surface area contributed by atoms with Gasteiger partial charge in [-0.15, -0.1) is 0 Å². The number of carboxylic acids is 1. The molecule has 8 heteroatoms. The third kappa shape index (κ3) is 2.05. The number of carbonyl (C=O) groups is 2. The van der Waals surface area contributed by atoms with E-state index in [1.807, 2.05) is 0 Å². The first kappa shape index (κ1) is 12.7. The van der Waals surface area contributed by atoms with Gasteiger partial charge in [0.1, 0.15) is 6.04 Å². The molecule has 20 heavy (non-hydrogen) atoms. The fourth-order valence-corrected chi connectivity index (χ4v) is 2.39. The molecule has 1 unspecified atom stereocenters. The average molecular weight is 296 g/mol. The molecule has 7 nitrogen and oxygen atoms in total. The van der Waals surface area contributed by atoms with Crippen LogP contribution in [0.4, 0.5) is 0 Å². The molecule has 1 atom stereocenters. The monoisotopic (exact) mass is 295 g/mol. The Kier molecular flexibility index (Phi) is 2.98. The molecule has 0 fully saturated rings. The lowest BCUT2D eigenvalue weighted by atomic mass is 10.0. The van der Waals surface area contributed by atoms with Crippen LogP contribution in [0.2, 0.25) is 5.22 Å². The number of hydrogen-bond acceptors (Lipinski definition) is 4. The van der Waals surface area contributed by atoms with Gasteiger partial charge in [-0.3, -0.25) is 4.79 Å². The standard InChI is InChI=1S/C12H10ClN3O4/c13-10-2-1-9(20-10)11(17)16-4-7-6(14-5-15-7)3-8(16)12(18)19/h1-2,5,8H,3-4H2,(H,14,15)(H,18,19). The lowest BCUT2D eigenvalue weighted by molar-refractivity contribution is -0.142. The van der Waals surface area contributed by atoms with Crippen LogP contribution in [0.1, 0.15) is 21.9 Å². The number of imidazole rings is 1. The van der Waals surface area contributed by atoms with E-state index < -0.39 is 17.9 Å². The van der Waals surface area contributed by atoms with Crippen LogP contribution in [0.5, 0.6) is 0 Å². The lowest BCUT2D eigenvalue weighted by Gasteiger charge is -2.31. The summed E-state index contributed by atoms with van der Waals surface area (Å²) in [6.45, 7) is 0.142. The van der Waals surface area contributed by atoms with Crippen molar-refractivity contribution in [3.05, 3.63) is 40.8 Å². The maximum Gasteiger partial charge on any atom is 0.326 e. The molecule has 0 aromatic carbocycles. The molecule has 1 amide bonds. The van der Waals surface area contributed by atoms with Gasteiger partial charge in [0, 0.05) is 6.42 Å². The number of H-pyrrole nitrogens is 1. The number of fused-ring (bicyclic) bond motifs is 1. The summed E-state index contributed by atoms with van der Waals surface area (Å²) in [5.41, 5.74) is 1.40. The second kappa shape index (κ2) is 4.68. The number of furan rings is 1. The minimum atomic E-state index is -1.08. The van der Waals surface area contributed by atoms with Crippen molar-refractivity contribution in [2.24, 2.45) is 0 Å². The first-order valence-electron chi connectivity index (χ1n) is 5.86. The number of aromatic amines is 1. The number of nitrogens with zero attached hydrogens (tertiary/aromatic N) is 2. The molecule has 0 aliphatic carbocycles. The van der Waals surface area contributed by atoms with Crippen molar-refractivity contribution in [3.63, 3.8) is 0 Å². The third-order valence-electron chi connectivity index (χ3n) is 3.23. The predicted octanol–water partition coefficient (Wildman–Crippen LogP) is 1.31. The number of amides is 1. The Morgan fingerprint density at radius 3 is 2.95 bits per heavy atom. The number of hydrogen-bond donors (Lipinski definition) is 2. The van der Waals surface area contributed by atoms with Crippen LogP contribution in [0, 0.1) is 0 Å². The van der Waals surface area contributed by atoms with E-state index in [0.717, 1.165) is 5.69 Å². The Bertz CT molecular complexity index is 678. The summed E-state index contributed by atoms with van der Waals surface area (Å²) < 4.78 is 5.05. The van der Waals surface area contributed by atoms with Gasteiger partial charge < -0.3 is 19.4 Å². The van der Waals surface area contributed by atoms with Crippen LogP contribution >= 0.6 is 11.6 Å². The van der Waals surface area contributed by atoms with Gasteiger partial charge in [-0.05, 0) is 23.7 Å². The molecule has 0 radical (unpaired) electrons. The van der Waals surface area contributed by atoms with E-state index in [4.69, 9.17) is 16.0 Å². The number of halogens is 1. The van der Waals surface area contributed by atoms with Crippen molar-refractivity contribution < 1.29 is 19.1 Å². The number of carboxylic acid groups (broad SMARTS) is 1. The first-order chi connectivity index (χ1) is 9.56. The minimum Gasteiger partial charge on any atom is -0.480 e. The summed E-state index contributed by atoms with van der Waals surface area (Å²) in [6, 6.07) is 1.89. The molecule has 2 aromatic heterocycles. The van der Waals surface area contributed by atoms with Crippen molar-refractivity contribution in [2.45, 2.75) is 19.0 Å². The normalized spacial score (nSPS) is 17.9. The quantitative estimate of drug-likeness (QED) is 0.870. The Labute approximate surface area is 118 Å². The maximum atomic E-state index is 12.3. The molecule has 3 rings (SSSR count). The van der Waals surface area contributed by atoms with Crippen molar-refractivity contribution in [1.29, 1.82) is 0 Å². The number of carbonyl (C=O) groups excluding carboxylic acids is 1. The fourth-order valence-electron chi connectivity index (χ4n) is 2.24. The molecule has 0 saturated heterocycles. The van der Waals surface area contributed by atoms with Gasteiger partial charge in [0.2, 0.25) is 0 Å². The highest BCUT2D eigenvalue weighted by molar-refractivity contribution is 6.29. The van der Waals surface area contributed by atoms with Gasteiger partial charge in [-0.1, -0.05) is 0 Å². The summed E-state index contributed by atoms with van der Waals surface area (Å²) in [5.74, 6) is -1.57. The van der Waals surface area contributed by atoms with Gasteiger partial charge in [-0.2, -0.15) is 0 Å². The molecule has 2 N–H and O–H groups in total. The fraction of sp³-hybridized carbons (Fsp3) is 0.250. The second-order valence-electron chi connectivity index (χ2n) is 4.42. The van der Waals surface area contributed by atoms with Crippen LogP contribution in [-0.2, 0) is 17.8 Å². The number of nitrogens with one attached hydrogen (secondary N) is 1. The lowest BCUT2D eigenvalue weighted by Crippen LogP contribution is -2.48. The van der Waals surface area contributed by atoms with Crippen molar-refractivity contribution in [1.82, 2.24) is 14.9 Å². The molecule has 0 saturated carbocycles. The number of rotatable bonds is 2. The van der Waals surface area contributed by atoms with Gasteiger partial charge in [-0.25, -0.2) is 9.78 Å². The molecular formula is C12H10ClN3O4. The van der Waals surface area contributed by atoms with E-state index in [2.05, 4.69) is 9.97 Å². The van der Waals surface area contributed by atoms with E-state index in [-0.39, 0.29) is 23.9 Å². The topological polar surface area (TPSA) is 99.4 Å². The van der Waals surface area contributed by atoms with E-state index in [1.165, 1.54) is 23.4 Å². The zero-order valence-electron chi connectivity index (χ0n) is 10.2. The molecule has 104 valence electrons. The predicted molar refractivity (Wildman–Crippen MR) is 67.3 cm³/mol. The summed E-state index contributed by atoms with van der Waals surface area (Å²) in [7, 11) is 0. The first-order valence-corrected chi connectivity index (χ1v) is 6.24. The summed E-state index contributed by atoms with van der Waals surface area (Å²) in [5, 5.41) is 9.37. The number of aliphatic carboxylic acids is 1. The van der Waals surface area contributed by atoms with E-state index in [0.29, 0.717) is 5.69 Å². The van der Waals surface area contributed by atoms with Crippen LogP contribution in [0.3, 0.4) is 0 Å². The van der Waals surface area contributed by atoms with E-state index in [1.54, 1.807) is 0 Å². The smallest absolute Gasteiger partial charge is 0.326 e. The van der Waals surface area contributed by atoms with Gasteiger partial charge in [0.05, 0.1) is 24.3 Å². The number of aromatic nitrogens is 2. The van der Waals surface area contributed by atoms with E-state index in [9.17, 15) is 14.7 Å². The minimum absolute atomic E-state index is 0.0178. The van der Waals surface area contributed by atoms with Crippen molar-refractivity contribution in [2.75, 3.05) is 0 Å². The largest absolute Gasteiger partial charge is 0.480 e. The summed E-state index contributed by atoms with van der Waals surface area (Å²) in [4.78, 5) is 31.9. The van der Waals surface area contributed by atoms with Crippen LogP contribution in [-0.4, -0.2) is 37.9 Å². The highest BCUT2D eigenvalue weighted by Gasteiger charge is 2.37. The molecule has 1 aliphatic heterocycles. The molecule has 1 aliphatic rings. The van der Waals surface area contributed by atoms with Crippen LogP contribution < -0.4 is 0 Å². The molecule has 2 aromatic rings. The van der Waals surface area contributed by atoms with Gasteiger partial charge in [0.15, 0.2) is 11.0 Å². The van der Waals surface area contributed by atoms with Gasteiger partial charge >= 0.3 is 5.97 Å². The average Bonchev–Trinajstić information content (AvgIpc) is 3.04. The molecule has 0 spiro atoms. The molecule has 3 heterocycles. The van der Waals surface area contributed by atoms with Crippen LogP contribution in [0.25, 0.3) is 0 Å². The highest BCUT2D eigenvalue weighted by Crippen LogP contribution is 2.24. The second-order valence-corrected chi connectivity index (χ2v) is 4.80. The molecule has 0 bridgehead atoms. The zero-order chi connectivity index (χ0) is 14.3. The summed E-state index contributed by atoms with van der Waals surface area (Å²) in [6.07, 6.45) is 1.65. The SMILES string of the molecule is O=C(O)C1Cc2nc[nH]c2CN1C(=O)c1ccc(Cl)o1. The summed E-state index contributed by atoms with van der Waals surface area (Å²) >= 11 is 5.64. The Hall–Kier alpha value is -2.28. The van der Waals surface area contributed by atoms with Crippen molar-refractivity contribution >= 4 is 23.5 Å². The Balaban J connectivity index is 1.94. The van der Waals surface area contributed by atoms with Gasteiger partial charge in [0.25, 0.3) is 5.91 Å². The Morgan fingerprint density at radius 1 is 1.50 bits per heavy atom. The Morgan fingerprint density at radius 2 is 2.30 bits per heavy atom. The zero-order valence-corrected chi connectivity index (χ0v) is 10.9. The van der Waals surface area contributed by atoms with Crippen molar-refractivity contribution in [3.8, 4) is 0 Å². The van der Waals surface area contributed by atoms with Crippen LogP contribution in [0.15, 0.2) is 22.9 Å². The van der Waals surface area contributed by atoms with E-state index >= 15 is 0 Å².